The topological polar surface area (TPSA) is 44.8 Å². The number of rotatable bonds is 11. The molecule has 1 heterocycles. The van der Waals surface area contributed by atoms with Gasteiger partial charge in [0.1, 0.15) is 11.7 Å². The number of esters is 1. The number of allylic oxidation sites excluding steroid dienone is 3. The third-order valence-electron chi connectivity index (χ3n) is 5.80. The van der Waals surface area contributed by atoms with E-state index in [9.17, 15) is 4.79 Å². The third kappa shape index (κ3) is 7.42. The fourth-order valence-corrected chi connectivity index (χ4v) is 3.78. The Kier molecular flexibility index (Phi) is 10.9. The van der Waals surface area contributed by atoms with Crippen molar-refractivity contribution in [3.05, 3.63) is 23.8 Å². The summed E-state index contributed by atoms with van der Waals surface area (Å²) in [5.74, 6) is 0.613. The highest BCUT2D eigenvalue weighted by molar-refractivity contribution is 5.69. The minimum atomic E-state index is -0.397. The minimum absolute atomic E-state index is 0.225. The van der Waals surface area contributed by atoms with Crippen molar-refractivity contribution in [2.45, 2.75) is 97.7 Å². The summed E-state index contributed by atoms with van der Waals surface area (Å²) in [7, 11) is 1.41. The van der Waals surface area contributed by atoms with Gasteiger partial charge in [0.2, 0.25) is 0 Å². The Balaban J connectivity index is 2.93. The van der Waals surface area contributed by atoms with Crippen molar-refractivity contribution in [2.24, 2.45) is 11.8 Å². The lowest BCUT2D eigenvalue weighted by Gasteiger charge is -2.41. The Morgan fingerprint density at radius 1 is 1.26 bits per heavy atom. The van der Waals surface area contributed by atoms with Gasteiger partial charge in [-0.2, -0.15) is 0 Å². The van der Waals surface area contributed by atoms with E-state index < -0.39 is 5.60 Å². The minimum Gasteiger partial charge on any atom is -0.469 e. The molecule has 0 aromatic heterocycles. The van der Waals surface area contributed by atoms with Gasteiger partial charge in [-0.1, -0.05) is 64.8 Å². The molecule has 0 unspecified atom stereocenters. The molecule has 0 aliphatic carbocycles. The Morgan fingerprint density at radius 2 is 2.00 bits per heavy atom. The molecule has 0 bridgehead atoms. The predicted molar refractivity (Wildman–Crippen MR) is 110 cm³/mol. The molecule has 0 aromatic carbocycles. The van der Waals surface area contributed by atoms with Gasteiger partial charge in [-0.15, -0.1) is 0 Å². The van der Waals surface area contributed by atoms with E-state index in [2.05, 4.69) is 52.8 Å². The van der Waals surface area contributed by atoms with Crippen LogP contribution >= 0.6 is 0 Å². The van der Waals surface area contributed by atoms with Crippen LogP contribution < -0.4 is 0 Å². The van der Waals surface area contributed by atoms with Gasteiger partial charge in [0.05, 0.1) is 13.5 Å². The van der Waals surface area contributed by atoms with E-state index in [0.717, 1.165) is 44.9 Å². The molecule has 0 aromatic rings. The van der Waals surface area contributed by atoms with Gasteiger partial charge in [0.15, 0.2) is 0 Å². The molecule has 1 rings (SSSR count). The van der Waals surface area contributed by atoms with Crippen molar-refractivity contribution in [3.63, 3.8) is 0 Å². The summed E-state index contributed by atoms with van der Waals surface area (Å²) in [5, 5.41) is 0. The van der Waals surface area contributed by atoms with Crippen molar-refractivity contribution in [3.8, 4) is 0 Å². The summed E-state index contributed by atoms with van der Waals surface area (Å²) < 4.78 is 4.80. The van der Waals surface area contributed by atoms with Crippen LogP contribution in [0.15, 0.2) is 23.8 Å². The number of ether oxygens (including phenoxy) is 1. The predicted octanol–water partition coefficient (Wildman–Crippen LogP) is 6.16. The van der Waals surface area contributed by atoms with E-state index in [1.165, 1.54) is 12.7 Å². The van der Waals surface area contributed by atoms with E-state index in [-0.39, 0.29) is 24.4 Å². The SMILES string of the molecule is CC/C=C/[C@H](CC)C/C(=C/[C@]1(CC)C[C@H](CC)[C@H](CC(=O)OC)OO1)CC. The maximum absolute atomic E-state index is 11.7. The smallest absolute Gasteiger partial charge is 0.308 e. The van der Waals surface area contributed by atoms with Crippen LogP contribution in [0.25, 0.3) is 0 Å². The number of carbonyl (C=O) groups excluding carboxylic acids is 1. The lowest BCUT2D eigenvalue weighted by molar-refractivity contribution is -0.409. The van der Waals surface area contributed by atoms with Crippen LogP contribution in [0.3, 0.4) is 0 Å². The van der Waals surface area contributed by atoms with Crippen LogP contribution in [0.5, 0.6) is 0 Å². The van der Waals surface area contributed by atoms with Crippen LogP contribution in [0.2, 0.25) is 0 Å². The molecular weight excluding hydrogens is 340 g/mol. The molecule has 27 heavy (non-hydrogen) atoms. The second-order valence-electron chi connectivity index (χ2n) is 7.65. The Labute approximate surface area is 166 Å². The van der Waals surface area contributed by atoms with E-state index in [1.54, 1.807) is 0 Å². The lowest BCUT2D eigenvalue weighted by atomic mass is 9.80. The molecule has 0 saturated carbocycles. The van der Waals surface area contributed by atoms with Gasteiger partial charge < -0.3 is 4.74 Å². The first-order valence-electron chi connectivity index (χ1n) is 10.8. The molecule has 0 spiro atoms. The Bertz CT molecular complexity index is 497. The summed E-state index contributed by atoms with van der Waals surface area (Å²) in [4.78, 5) is 23.3. The van der Waals surface area contributed by atoms with E-state index in [1.807, 2.05) is 0 Å². The molecule has 4 atom stereocenters. The van der Waals surface area contributed by atoms with Crippen LogP contribution in [0.1, 0.15) is 86.0 Å². The van der Waals surface area contributed by atoms with E-state index in [4.69, 9.17) is 14.5 Å². The van der Waals surface area contributed by atoms with E-state index in [0.29, 0.717) is 5.92 Å². The molecule has 1 aliphatic heterocycles. The largest absolute Gasteiger partial charge is 0.469 e. The molecule has 0 radical (unpaired) electrons. The van der Waals surface area contributed by atoms with Crippen LogP contribution in [-0.2, 0) is 19.3 Å². The highest BCUT2D eigenvalue weighted by atomic mass is 17.2. The third-order valence-corrected chi connectivity index (χ3v) is 5.80. The average molecular weight is 381 g/mol. The molecule has 0 amide bonds. The van der Waals surface area contributed by atoms with Crippen molar-refractivity contribution in [1.82, 2.24) is 0 Å². The van der Waals surface area contributed by atoms with Gasteiger partial charge >= 0.3 is 5.97 Å². The first-order chi connectivity index (χ1) is 13.0. The van der Waals surface area contributed by atoms with Gasteiger partial charge in [-0.3, -0.25) is 4.79 Å². The normalized spacial score (nSPS) is 27.7. The molecule has 1 saturated heterocycles. The maximum Gasteiger partial charge on any atom is 0.308 e. The number of hydrogen-bond acceptors (Lipinski definition) is 4. The van der Waals surface area contributed by atoms with Crippen LogP contribution in [0, 0.1) is 11.8 Å². The zero-order chi connectivity index (χ0) is 20.3. The Hall–Kier alpha value is -1.13. The molecule has 4 nitrogen and oxygen atoms in total. The van der Waals surface area contributed by atoms with Crippen molar-refractivity contribution in [2.75, 3.05) is 7.11 Å². The summed E-state index contributed by atoms with van der Waals surface area (Å²) in [5.41, 5.74) is 1.03. The Morgan fingerprint density at radius 3 is 2.52 bits per heavy atom. The molecule has 1 aliphatic rings. The van der Waals surface area contributed by atoms with E-state index >= 15 is 0 Å². The first kappa shape index (κ1) is 23.9. The standard InChI is InChI=1S/C23H40O4/c1-7-12-13-18(8-2)14-19(9-3)16-23(11-5)17-20(10-4)21(26-27-23)15-22(24)25-6/h12-13,16,18,20-21H,7-11,14-15,17H2,1-6H3/b13-12+,19-16+/t18-,20-,21-,23+/m0/s1. The monoisotopic (exact) mass is 380 g/mol. The fraction of sp³-hybridized carbons (Fsp3) is 0.783. The zero-order valence-electron chi connectivity index (χ0n) is 18.3. The van der Waals surface area contributed by atoms with Gasteiger partial charge in [-0.05, 0) is 50.4 Å². The molecule has 0 N–H and O–H groups in total. The summed E-state index contributed by atoms with van der Waals surface area (Å²) in [6.07, 6.45) is 14.0. The quantitative estimate of drug-likeness (QED) is 0.244. The fourth-order valence-electron chi connectivity index (χ4n) is 3.78. The highest BCUT2D eigenvalue weighted by Gasteiger charge is 2.41. The summed E-state index contributed by atoms with van der Waals surface area (Å²) >= 11 is 0. The first-order valence-corrected chi connectivity index (χ1v) is 10.8. The number of methoxy groups -OCH3 is 1. The number of carbonyl (C=O) groups is 1. The van der Waals surface area contributed by atoms with Crippen LogP contribution in [0.4, 0.5) is 0 Å². The van der Waals surface area contributed by atoms with Gasteiger partial charge in [0, 0.05) is 0 Å². The highest BCUT2D eigenvalue weighted by Crippen LogP contribution is 2.39. The number of hydrogen-bond donors (Lipinski definition) is 0. The molecule has 4 heteroatoms. The average Bonchev–Trinajstić information content (AvgIpc) is 2.71. The molecule has 156 valence electrons. The van der Waals surface area contributed by atoms with Crippen molar-refractivity contribution >= 4 is 5.97 Å². The maximum atomic E-state index is 11.7. The van der Waals surface area contributed by atoms with Gasteiger partial charge in [0.25, 0.3) is 0 Å². The summed E-state index contributed by atoms with van der Waals surface area (Å²) in [6.45, 7) is 10.9. The summed E-state index contributed by atoms with van der Waals surface area (Å²) in [6, 6.07) is 0. The van der Waals surface area contributed by atoms with Crippen molar-refractivity contribution in [1.29, 1.82) is 0 Å². The molecular formula is C23H40O4. The lowest BCUT2D eigenvalue weighted by Crippen LogP contribution is -2.44. The molecule has 1 fully saturated rings. The van der Waals surface area contributed by atoms with Crippen molar-refractivity contribution < 1.29 is 19.3 Å². The van der Waals surface area contributed by atoms with Crippen LogP contribution in [-0.4, -0.2) is 24.8 Å². The zero-order valence-corrected chi connectivity index (χ0v) is 18.3. The second-order valence-corrected chi connectivity index (χ2v) is 7.65. The van der Waals surface area contributed by atoms with Gasteiger partial charge in [-0.25, -0.2) is 9.78 Å². The second kappa shape index (κ2) is 12.4.